The lowest BCUT2D eigenvalue weighted by Gasteiger charge is -2.30. The summed E-state index contributed by atoms with van der Waals surface area (Å²) in [5.74, 6) is -3.26. The number of nitrogens with zero attached hydrogens (tertiary/aromatic N) is 1. The molecule has 1 aliphatic heterocycles. The molecule has 1 fully saturated rings. The quantitative estimate of drug-likeness (QED) is 0.893. The third-order valence-corrected chi connectivity index (χ3v) is 3.76. The van der Waals surface area contributed by atoms with Crippen LogP contribution in [-0.2, 0) is 11.2 Å². The molecule has 1 unspecified atom stereocenters. The molecule has 0 saturated carbocycles. The smallest absolute Gasteiger partial charge is 0.317 e. The van der Waals surface area contributed by atoms with Crippen LogP contribution in [0.4, 0.5) is 13.6 Å². The highest BCUT2D eigenvalue weighted by Gasteiger charge is 2.27. The molecule has 120 valence electrons. The largest absolute Gasteiger partial charge is 0.481 e. The van der Waals surface area contributed by atoms with Gasteiger partial charge in [-0.1, -0.05) is 12.1 Å². The van der Waals surface area contributed by atoms with Crippen LogP contribution in [0.3, 0.4) is 0 Å². The van der Waals surface area contributed by atoms with E-state index in [1.165, 1.54) is 17.0 Å². The van der Waals surface area contributed by atoms with Crippen molar-refractivity contribution < 1.29 is 23.5 Å². The molecule has 2 N–H and O–H groups in total. The summed E-state index contributed by atoms with van der Waals surface area (Å²) in [5, 5.41) is 11.6. The van der Waals surface area contributed by atoms with Crippen LogP contribution >= 0.6 is 0 Å². The Morgan fingerprint density at radius 2 is 2.14 bits per heavy atom. The van der Waals surface area contributed by atoms with Crippen molar-refractivity contribution in [2.75, 3.05) is 19.6 Å². The van der Waals surface area contributed by atoms with E-state index in [1.54, 1.807) is 0 Å². The number of hydrogen-bond acceptors (Lipinski definition) is 2. The summed E-state index contributed by atoms with van der Waals surface area (Å²) in [5.41, 5.74) is 0.197. The van der Waals surface area contributed by atoms with Crippen LogP contribution in [0.25, 0.3) is 0 Å². The first kappa shape index (κ1) is 16.2. The fourth-order valence-corrected chi connectivity index (χ4v) is 2.52. The van der Waals surface area contributed by atoms with Crippen molar-refractivity contribution in [3.05, 3.63) is 35.4 Å². The molecule has 1 aliphatic rings. The number of benzene rings is 1. The number of nitrogens with one attached hydrogen (secondary N) is 1. The van der Waals surface area contributed by atoms with Crippen LogP contribution in [0, 0.1) is 17.6 Å². The summed E-state index contributed by atoms with van der Waals surface area (Å²) in [6, 6.07) is 3.54. The van der Waals surface area contributed by atoms with Gasteiger partial charge in [0.15, 0.2) is 11.6 Å². The Morgan fingerprint density at radius 3 is 2.86 bits per heavy atom. The van der Waals surface area contributed by atoms with Crippen molar-refractivity contribution in [2.24, 2.45) is 5.92 Å². The van der Waals surface area contributed by atoms with Crippen molar-refractivity contribution in [3.63, 3.8) is 0 Å². The minimum atomic E-state index is -0.913. The monoisotopic (exact) mass is 312 g/mol. The van der Waals surface area contributed by atoms with E-state index in [9.17, 15) is 18.4 Å². The number of carbonyl (C=O) groups is 2. The van der Waals surface area contributed by atoms with E-state index >= 15 is 0 Å². The number of carbonyl (C=O) groups excluding carboxylic acids is 1. The van der Waals surface area contributed by atoms with Gasteiger partial charge in [-0.2, -0.15) is 0 Å². The zero-order valence-electron chi connectivity index (χ0n) is 12.0. The lowest BCUT2D eigenvalue weighted by Crippen LogP contribution is -2.47. The molecule has 1 saturated heterocycles. The number of amides is 2. The summed E-state index contributed by atoms with van der Waals surface area (Å²) in [7, 11) is 0. The second-order valence-electron chi connectivity index (χ2n) is 5.32. The molecule has 0 bridgehead atoms. The number of urea groups is 1. The first-order valence-corrected chi connectivity index (χ1v) is 7.17. The number of hydrogen-bond donors (Lipinski definition) is 2. The Labute approximate surface area is 126 Å². The molecule has 7 heteroatoms. The van der Waals surface area contributed by atoms with E-state index in [-0.39, 0.29) is 31.1 Å². The van der Waals surface area contributed by atoms with Gasteiger partial charge in [0.1, 0.15) is 0 Å². The molecule has 5 nitrogen and oxygen atoms in total. The maximum Gasteiger partial charge on any atom is 0.317 e. The van der Waals surface area contributed by atoms with Gasteiger partial charge in [0.25, 0.3) is 0 Å². The van der Waals surface area contributed by atoms with Crippen molar-refractivity contribution in [1.82, 2.24) is 10.2 Å². The van der Waals surface area contributed by atoms with E-state index in [0.717, 1.165) is 6.07 Å². The summed E-state index contributed by atoms with van der Waals surface area (Å²) < 4.78 is 26.5. The Balaban J connectivity index is 1.82. The fourth-order valence-electron chi connectivity index (χ4n) is 2.52. The van der Waals surface area contributed by atoms with E-state index in [1.807, 2.05) is 0 Å². The maximum atomic E-state index is 13.5. The van der Waals surface area contributed by atoms with Gasteiger partial charge in [-0.25, -0.2) is 13.6 Å². The summed E-state index contributed by atoms with van der Waals surface area (Å²) >= 11 is 0. The number of carboxylic acid groups (broad SMARTS) is 1. The lowest BCUT2D eigenvalue weighted by atomic mass is 9.99. The fraction of sp³-hybridized carbons (Fsp3) is 0.467. The molecule has 0 spiro atoms. The first-order valence-electron chi connectivity index (χ1n) is 7.17. The molecule has 0 aliphatic carbocycles. The molecule has 0 radical (unpaired) electrons. The molecule has 1 aromatic rings. The molecular formula is C15H18F2N2O3. The minimum absolute atomic E-state index is 0.160. The Bertz CT molecular complexity index is 566. The van der Waals surface area contributed by atoms with Crippen molar-refractivity contribution in [3.8, 4) is 0 Å². The Kier molecular flexibility index (Phi) is 5.30. The summed E-state index contributed by atoms with van der Waals surface area (Å²) in [6.07, 6.45) is 1.38. The number of aliphatic carboxylic acids is 1. The molecule has 1 atom stereocenters. The molecular weight excluding hydrogens is 294 g/mol. The van der Waals surface area contributed by atoms with Gasteiger partial charge in [0, 0.05) is 19.6 Å². The summed E-state index contributed by atoms with van der Waals surface area (Å²) in [6.45, 7) is 0.840. The van der Waals surface area contributed by atoms with E-state index in [4.69, 9.17) is 5.11 Å². The van der Waals surface area contributed by atoms with Gasteiger partial charge in [0.2, 0.25) is 0 Å². The third-order valence-electron chi connectivity index (χ3n) is 3.76. The normalized spacial score (nSPS) is 18.1. The third kappa shape index (κ3) is 3.93. The number of rotatable bonds is 4. The van der Waals surface area contributed by atoms with Gasteiger partial charge in [-0.05, 0) is 30.9 Å². The predicted molar refractivity (Wildman–Crippen MR) is 75.4 cm³/mol. The van der Waals surface area contributed by atoms with Crippen molar-refractivity contribution >= 4 is 12.0 Å². The number of likely N-dealkylation sites (tertiary alicyclic amines) is 1. The van der Waals surface area contributed by atoms with Gasteiger partial charge in [0.05, 0.1) is 5.92 Å². The standard InChI is InChI=1S/C15H18F2N2O3/c16-12-5-1-3-10(13(12)17)6-7-18-15(22)19-8-2-4-11(9-19)14(20)21/h1,3,5,11H,2,4,6-9H2,(H,18,22)(H,20,21). The van der Waals surface area contributed by atoms with Crippen molar-refractivity contribution in [2.45, 2.75) is 19.3 Å². The average Bonchev–Trinajstić information content (AvgIpc) is 2.51. The molecule has 2 amide bonds. The number of carboxylic acids is 1. The zero-order valence-corrected chi connectivity index (χ0v) is 12.0. The van der Waals surface area contributed by atoms with Gasteiger partial charge in [-0.15, -0.1) is 0 Å². The van der Waals surface area contributed by atoms with E-state index in [0.29, 0.717) is 19.4 Å². The average molecular weight is 312 g/mol. The zero-order chi connectivity index (χ0) is 16.1. The highest BCUT2D eigenvalue weighted by atomic mass is 19.2. The van der Waals surface area contributed by atoms with Gasteiger partial charge < -0.3 is 15.3 Å². The predicted octanol–water partition coefficient (Wildman–Crippen LogP) is 2.01. The van der Waals surface area contributed by atoms with Crippen molar-refractivity contribution in [1.29, 1.82) is 0 Å². The number of piperidine rings is 1. The van der Waals surface area contributed by atoms with Crippen LogP contribution in [0.1, 0.15) is 18.4 Å². The van der Waals surface area contributed by atoms with E-state index < -0.39 is 23.5 Å². The highest BCUT2D eigenvalue weighted by Crippen LogP contribution is 2.16. The second kappa shape index (κ2) is 7.20. The minimum Gasteiger partial charge on any atom is -0.481 e. The molecule has 1 heterocycles. The summed E-state index contributed by atoms with van der Waals surface area (Å²) in [4.78, 5) is 24.4. The molecule has 22 heavy (non-hydrogen) atoms. The van der Waals surface area contributed by atoms with Crippen LogP contribution in [0.15, 0.2) is 18.2 Å². The van der Waals surface area contributed by atoms with Crippen LogP contribution in [-0.4, -0.2) is 41.6 Å². The molecule has 1 aromatic carbocycles. The van der Waals surface area contributed by atoms with Crippen LogP contribution in [0.2, 0.25) is 0 Å². The molecule has 0 aromatic heterocycles. The lowest BCUT2D eigenvalue weighted by molar-refractivity contribution is -0.143. The highest BCUT2D eigenvalue weighted by molar-refractivity contribution is 5.76. The van der Waals surface area contributed by atoms with Gasteiger partial charge >= 0.3 is 12.0 Å². The van der Waals surface area contributed by atoms with Crippen LogP contribution < -0.4 is 5.32 Å². The Morgan fingerprint density at radius 1 is 1.36 bits per heavy atom. The topological polar surface area (TPSA) is 69.6 Å². The number of halogens is 2. The van der Waals surface area contributed by atoms with Crippen LogP contribution in [0.5, 0.6) is 0 Å². The Hall–Kier alpha value is -2.18. The maximum absolute atomic E-state index is 13.5. The first-order chi connectivity index (χ1) is 10.5. The SMILES string of the molecule is O=C(O)C1CCCN(C(=O)NCCc2cccc(F)c2F)C1. The van der Waals surface area contributed by atoms with E-state index in [2.05, 4.69) is 5.32 Å². The van der Waals surface area contributed by atoms with Gasteiger partial charge in [-0.3, -0.25) is 4.79 Å². The second-order valence-corrected chi connectivity index (χ2v) is 5.32. The molecule has 2 rings (SSSR count).